The molecule has 0 saturated carbocycles. The van der Waals surface area contributed by atoms with Crippen molar-refractivity contribution in [1.82, 2.24) is 10.6 Å². The average Bonchev–Trinajstić information content (AvgIpc) is 2.51. The molecule has 1 rings (SSSR count). The molecule has 0 saturated heterocycles. The summed E-state index contributed by atoms with van der Waals surface area (Å²) in [6.45, 7) is 4.34. The van der Waals surface area contributed by atoms with Gasteiger partial charge in [0.2, 0.25) is 0 Å². The highest BCUT2D eigenvalue weighted by Gasteiger charge is 2.16. The van der Waals surface area contributed by atoms with Crippen LogP contribution in [0.5, 0.6) is 0 Å². The van der Waals surface area contributed by atoms with Gasteiger partial charge in [-0.2, -0.15) is 0 Å². The zero-order valence-corrected chi connectivity index (χ0v) is 12.7. The molecule has 0 bridgehead atoms. The number of aliphatic hydroxyl groups is 2. The molecule has 4 N–H and O–H groups in total. The van der Waals surface area contributed by atoms with Crippen LogP contribution in [0.4, 0.5) is 4.79 Å². The number of nitrogens with one attached hydrogen (secondary N) is 2. The summed E-state index contributed by atoms with van der Waals surface area (Å²) in [6, 6.07) is 9.49. The summed E-state index contributed by atoms with van der Waals surface area (Å²) >= 11 is 0. The molecule has 0 fully saturated rings. The number of urea groups is 1. The van der Waals surface area contributed by atoms with E-state index in [0.29, 0.717) is 13.0 Å². The molecule has 0 spiro atoms. The maximum Gasteiger partial charge on any atom is 0.315 e. The number of hydrogen-bond acceptors (Lipinski definition) is 3. The molecule has 5 nitrogen and oxygen atoms in total. The summed E-state index contributed by atoms with van der Waals surface area (Å²) in [5.41, 5.74) is 1.10. The summed E-state index contributed by atoms with van der Waals surface area (Å²) < 4.78 is 0. The van der Waals surface area contributed by atoms with Gasteiger partial charge in [-0.15, -0.1) is 0 Å². The molecule has 0 radical (unpaired) electrons. The Morgan fingerprint density at radius 1 is 1.19 bits per heavy atom. The number of rotatable bonds is 8. The third kappa shape index (κ3) is 6.14. The molecule has 0 aliphatic heterocycles. The number of amides is 2. The van der Waals surface area contributed by atoms with E-state index >= 15 is 0 Å². The monoisotopic (exact) mass is 294 g/mol. The van der Waals surface area contributed by atoms with Crippen LogP contribution in [-0.4, -0.2) is 42.0 Å². The van der Waals surface area contributed by atoms with Crippen LogP contribution in [0.1, 0.15) is 31.7 Å². The van der Waals surface area contributed by atoms with Gasteiger partial charge < -0.3 is 20.8 Å². The number of hydrogen-bond donors (Lipinski definition) is 4. The van der Waals surface area contributed by atoms with Gasteiger partial charge in [0.15, 0.2) is 0 Å². The van der Waals surface area contributed by atoms with Crippen molar-refractivity contribution in [2.75, 3.05) is 19.8 Å². The molecule has 21 heavy (non-hydrogen) atoms. The van der Waals surface area contributed by atoms with Crippen LogP contribution in [0, 0.1) is 5.92 Å². The van der Waals surface area contributed by atoms with Crippen LogP contribution in [0.3, 0.4) is 0 Å². The Morgan fingerprint density at radius 3 is 2.43 bits per heavy atom. The number of carbonyl (C=O) groups excluding carboxylic acids is 1. The van der Waals surface area contributed by atoms with Crippen LogP contribution >= 0.6 is 0 Å². The van der Waals surface area contributed by atoms with Crippen molar-refractivity contribution in [3.05, 3.63) is 35.9 Å². The van der Waals surface area contributed by atoms with E-state index < -0.39 is 0 Å². The van der Waals surface area contributed by atoms with Crippen molar-refractivity contribution >= 4 is 6.03 Å². The first-order chi connectivity index (χ1) is 10.1. The standard InChI is InChI=1S/C16H26N2O3/c1-12(11-20)13(2)18-16(21)17-10-15(8-9-19)14-6-4-3-5-7-14/h3-7,12-13,15,19-20H,8-11H2,1-2H3,(H2,17,18,21). The van der Waals surface area contributed by atoms with E-state index in [2.05, 4.69) is 10.6 Å². The lowest BCUT2D eigenvalue weighted by molar-refractivity contribution is 0.199. The minimum absolute atomic E-state index is 0.0121. The van der Waals surface area contributed by atoms with Crippen molar-refractivity contribution < 1.29 is 15.0 Å². The second kappa shape index (κ2) is 9.37. The number of benzene rings is 1. The normalized spacial score (nSPS) is 15.0. The summed E-state index contributed by atoms with van der Waals surface area (Å²) in [5.74, 6) is 0.102. The SMILES string of the molecule is CC(CO)C(C)NC(=O)NCC(CCO)c1ccccc1. The molecular formula is C16H26N2O3. The lowest BCUT2D eigenvalue weighted by Gasteiger charge is -2.21. The molecular weight excluding hydrogens is 268 g/mol. The fraction of sp³-hybridized carbons (Fsp3) is 0.562. The van der Waals surface area contributed by atoms with E-state index in [4.69, 9.17) is 10.2 Å². The topological polar surface area (TPSA) is 81.6 Å². The van der Waals surface area contributed by atoms with Gasteiger partial charge in [-0.1, -0.05) is 37.3 Å². The molecule has 118 valence electrons. The lowest BCUT2D eigenvalue weighted by Crippen LogP contribution is -2.45. The average molecular weight is 294 g/mol. The van der Waals surface area contributed by atoms with Crippen LogP contribution in [0.25, 0.3) is 0 Å². The van der Waals surface area contributed by atoms with Gasteiger partial charge in [0.1, 0.15) is 0 Å². The molecule has 1 aromatic rings. The molecule has 3 atom stereocenters. The van der Waals surface area contributed by atoms with Gasteiger partial charge in [-0.05, 0) is 24.8 Å². The van der Waals surface area contributed by atoms with Crippen molar-refractivity contribution in [2.24, 2.45) is 5.92 Å². The summed E-state index contributed by atoms with van der Waals surface area (Å²) in [4.78, 5) is 11.8. The molecule has 0 heterocycles. The Kier molecular flexibility index (Phi) is 7.79. The zero-order chi connectivity index (χ0) is 15.7. The van der Waals surface area contributed by atoms with E-state index in [1.54, 1.807) is 0 Å². The molecule has 0 aliphatic rings. The van der Waals surface area contributed by atoms with E-state index in [1.165, 1.54) is 0 Å². The van der Waals surface area contributed by atoms with Crippen molar-refractivity contribution in [3.63, 3.8) is 0 Å². The predicted octanol–water partition coefficient (Wildman–Crippen LogP) is 1.47. The third-order valence-corrected chi connectivity index (χ3v) is 3.76. The highest BCUT2D eigenvalue weighted by Crippen LogP contribution is 2.18. The maximum absolute atomic E-state index is 11.8. The Bertz CT molecular complexity index is 411. The second-order valence-electron chi connectivity index (χ2n) is 5.42. The zero-order valence-electron chi connectivity index (χ0n) is 12.7. The smallest absolute Gasteiger partial charge is 0.315 e. The minimum Gasteiger partial charge on any atom is -0.396 e. The van der Waals surface area contributed by atoms with Gasteiger partial charge >= 0.3 is 6.03 Å². The fourth-order valence-electron chi connectivity index (χ4n) is 2.04. The van der Waals surface area contributed by atoms with Crippen molar-refractivity contribution in [2.45, 2.75) is 32.2 Å². The Hall–Kier alpha value is -1.59. The minimum atomic E-state index is -0.248. The largest absolute Gasteiger partial charge is 0.396 e. The van der Waals surface area contributed by atoms with E-state index in [-0.39, 0.29) is 37.1 Å². The summed E-state index contributed by atoms with van der Waals surface area (Å²) in [5, 5.41) is 23.9. The van der Waals surface area contributed by atoms with Gasteiger partial charge in [0.05, 0.1) is 0 Å². The Labute approximate surface area is 126 Å². The van der Waals surface area contributed by atoms with Gasteiger partial charge in [-0.3, -0.25) is 0 Å². The fourth-order valence-corrected chi connectivity index (χ4v) is 2.04. The van der Waals surface area contributed by atoms with E-state index in [0.717, 1.165) is 5.56 Å². The molecule has 5 heteroatoms. The highest BCUT2D eigenvalue weighted by atomic mass is 16.3. The second-order valence-corrected chi connectivity index (χ2v) is 5.42. The van der Waals surface area contributed by atoms with Crippen LogP contribution < -0.4 is 10.6 Å². The molecule has 1 aromatic carbocycles. The number of carbonyl (C=O) groups is 1. The van der Waals surface area contributed by atoms with Crippen molar-refractivity contribution in [3.8, 4) is 0 Å². The van der Waals surface area contributed by atoms with Crippen LogP contribution in [0.2, 0.25) is 0 Å². The van der Waals surface area contributed by atoms with E-state index in [9.17, 15) is 4.79 Å². The Morgan fingerprint density at radius 2 is 1.86 bits per heavy atom. The van der Waals surface area contributed by atoms with Gasteiger partial charge in [-0.25, -0.2) is 4.79 Å². The third-order valence-electron chi connectivity index (χ3n) is 3.76. The van der Waals surface area contributed by atoms with Gasteiger partial charge in [0, 0.05) is 31.7 Å². The van der Waals surface area contributed by atoms with Crippen LogP contribution in [-0.2, 0) is 0 Å². The molecule has 0 aliphatic carbocycles. The van der Waals surface area contributed by atoms with E-state index in [1.807, 2.05) is 44.2 Å². The summed E-state index contributed by atoms with van der Waals surface area (Å²) in [7, 11) is 0. The molecule has 2 amide bonds. The molecule has 0 aromatic heterocycles. The first kappa shape index (κ1) is 17.5. The first-order valence-corrected chi connectivity index (χ1v) is 7.39. The lowest BCUT2D eigenvalue weighted by atomic mass is 9.96. The first-order valence-electron chi connectivity index (χ1n) is 7.39. The maximum atomic E-state index is 11.8. The summed E-state index contributed by atoms with van der Waals surface area (Å²) in [6.07, 6.45) is 0.604. The molecule has 3 unspecified atom stereocenters. The quantitative estimate of drug-likeness (QED) is 0.586. The van der Waals surface area contributed by atoms with Gasteiger partial charge in [0.25, 0.3) is 0 Å². The van der Waals surface area contributed by atoms with Crippen LogP contribution in [0.15, 0.2) is 30.3 Å². The number of aliphatic hydroxyl groups excluding tert-OH is 2. The highest BCUT2D eigenvalue weighted by molar-refractivity contribution is 5.74. The Balaban J connectivity index is 2.48. The van der Waals surface area contributed by atoms with Crippen molar-refractivity contribution in [1.29, 1.82) is 0 Å². The predicted molar refractivity (Wildman–Crippen MR) is 83.1 cm³/mol.